The summed E-state index contributed by atoms with van der Waals surface area (Å²) in [7, 11) is -3.78. The molecule has 1 aliphatic rings. The second-order valence-electron chi connectivity index (χ2n) is 5.47. The molecular weight excluding hydrogens is 380 g/mol. The summed E-state index contributed by atoms with van der Waals surface area (Å²) in [6.45, 7) is 1.13. The van der Waals surface area contributed by atoms with Crippen LogP contribution in [0.15, 0.2) is 40.6 Å². The highest BCUT2D eigenvalue weighted by molar-refractivity contribution is 7.89. The average Bonchev–Trinajstić information content (AvgIpc) is 3.14. The fraction of sp³-hybridized carbons (Fsp3) is 0.250. The van der Waals surface area contributed by atoms with Crippen molar-refractivity contribution in [1.82, 2.24) is 4.31 Å². The van der Waals surface area contributed by atoms with Crippen LogP contribution in [0.3, 0.4) is 0 Å². The zero-order valence-corrected chi connectivity index (χ0v) is 15.2. The van der Waals surface area contributed by atoms with Gasteiger partial charge in [-0.25, -0.2) is 13.2 Å². The number of sulfonamides is 1. The molecule has 0 spiro atoms. The number of hydrogen-bond donors (Lipinski definition) is 2. The summed E-state index contributed by atoms with van der Waals surface area (Å²) in [5, 5.41) is 13.0. The molecule has 0 bridgehead atoms. The Hall–Kier alpha value is -2.27. The zero-order chi connectivity index (χ0) is 18.7. The van der Waals surface area contributed by atoms with Crippen molar-refractivity contribution in [2.45, 2.75) is 4.90 Å². The van der Waals surface area contributed by atoms with E-state index >= 15 is 0 Å². The number of benzene rings is 1. The molecule has 2 aromatic rings. The van der Waals surface area contributed by atoms with Crippen LogP contribution in [0.2, 0.25) is 0 Å². The average molecular weight is 396 g/mol. The minimum atomic E-state index is -3.78. The van der Waals surface area contributed by atoms with E-state index in [2.05, 4.69) is 5.32 Å². The lowest BCUT2D eigenvalue weighted by molar-refractivity contribution is 0.0696. The number of carboxylic acid groups (broad SMARTS) is 1. The Labute approximate surface area is 154 Å². The Morgan fingerprint density at radius 3 is 2.38 bits per heavy atom. The monoisotopic (exact) mass is 396 g/mol. The van der Waals surface area contributed by atoms with Gasteiger partial charge in [0.1, 0.15) is 9.77 Å². The third-order valence-corrected chi connectivity index (χ3v) is 6.80. The quantitative estimate of drug-likeness (QED) is 0.796. The molecule has 1 amide bonds. The first-order valence-corrected chi connectivity index (χ1v) is 10.0. The second kappa shape index (κ2) is 7.54. The Bertz CT molecular complexity index is 914. The lowest BCUT2D eigenvalue weighted by Crippen LogP contribution is -2.41. The number of aromatic carboxylic acids is 1. The van der Waals surface area contributed by atoms with Crippen LogP contribution in [0.25, 0.3) is 0 Å². The van der Waals surface area contributed by atoms with E-state index < -0.39 is 21.9 Å². The van der Waals surface area contributed by atoms with Crippen molar-refractivity contribution in [2.75, 3.05) is 31.6 Å². The van der Waals surface area contributed by atoms with Crippen LogP contribution in [0.5, 0.6) is 0 Å². The van der Waals surface area contributed by atoms with Crippen molar-refractivity contribution in [1.29, 1.82) is 0 Å². The van der Waals surface area contributed by atoms with Crippen molar-refractivity contribution < 1.29 is 27.9 Å². The largest absolute Gasteiger partial charge is 0.478 e. The molecule has 8 nitrogen and oxygen atoms in total. The fourth-order valence-corrected chi connectivity index (χ4v) is 5.18. The van der Waals surface area contributed by atoms with Crippen molar-refractivity contribution in [3.8, 4) is 0 Å². The Kier molecular flexibility index (Phi) is 5.37. The normalized spacial score (nSPS) is 15.5. The van der Waals surface area contributed by atoms with Gasteiger partial charge in [0.15, 0.2) is 0 Å². The van der Waals surface area contributed by atoms with Crippen LogP contribution < -0.4 is 5.32 Å². The van der Waals surface area contributed by atoms with E-state index in [4.69, 9.17) is 9.84 Å². The molecule has 0 saturated carbocycles. The molecule has 1 fully saturated rings. The van der Waals surface area contributed by atoms with E-state index in [1.165, 1.54) is 34.6 Å². The lowest BCUT2D eigenvalue weighted by Gasteiger charge is -2.26. The maximum absolute atomic E-state index is 12.8. The van der Waals surface area contributed by atoms with Crippen LogP contribution in [-0.2, 0) is 14.8 Å². The Balaban J connectivity index is 1.81. The van der Waals surface area contributed by atoms with E-state index in [1.54, 1.807) is 5.38 Å². The minimum Gasteiger partial charge on any atom is -0.478 e. The van der Waals surface area contributed by atoms with Gasteiger partial charge in [0.2, 0.25) is 10.0 Å². The third-order valence-electron chi connectivity index (χ3n) is 3.81. The predicted molar refractivity (Wildman–Crippen MR) is 95.3 cm³/mol. The number of carbonyl (C=O) groups excluding carboxylic acids is 1. The number of hydrogen-bond acceptors (Lipinski definition) is 6. The van der Waals surface area contributed by atoms with Gasteiger partial charge in [-0.1, -0.05) is 0 Å². The molecule has 0 aliphatic carbocycles. The lowest BCUT2D eigenvalue weighted by atomic mass is 10.2. The molecule has 0 atom stereocenters. The minimum absolute atomic E-state index is 0.0379. The molecule has 138 valence electrons. The number of ether oxygens (including phenoxy) is 1. The van der Waals surface area contributed by atoms with Gasteiger partial charge in [-0.15, -0.1) is 11.3 Å². The number of carboxylic acids is 1. The van der Waals surface area contributed by atoms with E-state index in [-0.39, 0.29) is 28.4 Å². The summed E-state index contributed by atoms with van der Waals surface area (Å²) in [6.07, 6.45) is 0. The molecule has 26 heavy (non-hydrogen) atoms. The summed E-state index contributed by atoms with van der Waals surface area (Å²) in [6, 6.07) is 7.03. The van der Waals surface area contributed by atoms with Crippen molar-refractivity contribution in [2.24, 2.45) is 0 Å². The highest BCUT2D eigenvalue weighted by Gasteiger charge is 2.31. The predicted octanol–water partition coefficient (Wildman–Crippen LogP) is 1.72. The van der Waals surface area contributed by atoms with Crippen LogP contribution in [0.1, 0.15) is 20.0 Å². The maximum atomic E-state index is 12.8. The molecule has 1 aromatic heterocycles. The van der Waals surface area contributed by atoms with Crippen LogP contribution >= 0.6 is 11.3 Å². The molecule has 3 rings (SSSR count). The molecule has 2 heterocycles. The third kappa shape index (κ3) is 3.78. The van der Waals surface area contributed by atoms with Gasteiger partial charge in [0.25, 0.3) is 5.91 Å². The molecule has 1 saturated heterocycles. The van der Waals surface area contributed by atoms with Gasteiger partial charge in [-0.05, 0) is 35.7 Å². The number of thiophene rings is 1. The number of carbonyl (C=O) groups is 2. The fourth-order valence-electron chi connectivity index (χ4n) is 2.48. The van der Waals surface area contributed by atoms with Gasteiger partial charge in [0.05, 0.1) is 18.8 Å². The number of nitrogens with one attached hydrogen (secondary N) is 1. The summed E-state index contributed by atoms with van der Waals surface area (Å²) in [5.74, 6) is -1.63. The van der Waals surface area contributed by atoms with Gasteiger partial charge in [-0.2, -0.15) is 4.31 Å². The molecule has 10 heteroatoms. The zero-order valence-electron chi connectivity index (χ0n) is 13.5. The molecule has 1 aromatic carbocycles. The molecule has 0 radical (unpaired) electrons. The first-order chi connectivity index (χ1) is 12.4. The summed E-state index contributed by atoms with van der Waals surface area (Å²) >= 11 is 1.03. The van der Waals surface area contributed by atoms with Crippen LogP contribution in [-0.4, -0.2) is 56.0 Å². The number of amides is 1. The first-order valence-electron chi connectivity index (χ1n) is 7.69. The van der Waals surface area contributed by atoms with Crippen LogP contribution in [0, 0.1) is 0 Å². The molecular formula is C16H16N2O6S2. The number of morpholine rings is 1. The van der Waals surface area contributed by atoms with Crippen molar-refractivity contribution >= 4 is 38.9 Å². The number of anilines is 1. The standard InChI is InChI=1S/C16H16N2O6S2/c19-15(17-12-3-1-11(2-4-12)16(20)21)14-13(5-10-25-14)26(22,23)18-6-8-24-9-7-18/h1-5,10H,6-9H2,(H,17,19)(H,20,21). The van der Waals surface area contributed by atoms with Gasteiger partial charge >= 0.3 is 5.97 Å². The van der Waals surface area contributed by atoms with E-state index in [0.29, 0.717) is 18.9 Å². The van der Waals surface area contributed by atoms with Gasteiger partial charge in [-0.3, -0.25) is 4.79 Å². The Morgan fingerprint density at radius 2 is 1.77 bits per heavy atom. The van der Waals surface area contributed by atoms with Crippen LogP contribution in [0.4, 0.5) is 5.69 Å². The molecule has 1 aliphatic heterocycles. The number of nitrogens with zero attached hydrogens (tertiary/aromatic N) is 1. The van der Waals surface area contributed by atoms with Gasteiger partial charge in [0, 0.05) is 18.8 Å². The second-order valence-corrected chi connectivity index (χ2v) is 8.29. The van der Waals surface area contributed by atoms with E-state index in [0.717, 1.165) is 11.3 Å². The summed E-state index contributed by atoms with van der Waals surface area (Å²) < 4.78 is 32.0. The van der Waals surface area contributed by atoms with Crippen molar-refractivity contribution in [3.63, 3.8) is 0 Å². The van der Waals surface area contributed by atoms with E-state index in [1.807, 2.05) is 0 Å². The SMILES string of the molecule is O=C(O)c1ccc(NC(=O)c2sccc2S(=O)(=O)N2CCOCC2)cc1. The Morgan fingerprint density at radius 1 is 1.12 bits per heavy atom. The van der Waals surface area contributed by atoms with Crippen molar-refractivity contribution in [3.05, 3.63) is 46.2 Å². The van der Waals surface area contributed by atoms with Gasteiger partial charge < -0.3 is 15.2 Å². The highest BCUT2D eigenvalue weighted by Crippen LogP contribution is 2.27. The smallest absolute Gasteiger partial charge is 0.335 e. The summed E-state index contributed by atoms with van der Waals surface area (Å²) in [4.78, 5) is 23.4. The molecule has 0 unspecified atom stereocenters. The number of rotatable bonds is 5. The van der Waals surface area contributed by atoms with E-state index in [9.17, 15) is 18.0 Å². The molecule has 2 N–H and O–H groups in total. The first kappa shape index (κ1) is 18.5. The highest BCUT2D eigenvalue weighted by atomic mass is 32.2. The topological polar surface area (TPSA) is 113 Å². The summed E-state index contributed by atoms with van der Waals surface area (Å²) in [5.41, 5.74) is 0.470. The maximum Gasteiger partial charge on any atom is 0.335 e.